The van der Waals surface area contributed by atoms with Crippen LogP contribution in [0.25, 0.3) is 0 Å². The van der Waals surface area contributed by atoms with E-state index in [2.05, 4.69) is 65.2 Å². The zero-order valence-electron chi connectivity index (χ0n) is 18.1. The van der Waals surface area contributed by atoms with Crippen LogP contribution in [0.1, 0.15) is 57.7 Å². The molecule has 1 fully saturated rings. The van der Waals surface area contributed by atoms with Gasteiger partial charge in [-0.1, -0.05) is 45.0 Å². The van der Waals surface area contributed by atoms with Crippen LogP contribution in [0.5, 0.6) is 5.88 Å². The summed E-state index contributed by atoms with van der Waals surface area (Å²) >= 11 is 0. The van der Waals surface area contributed by atoms with E-state index in [9.17, 15) is 4.79 Å². The molecule has 6 nitrogen and oxygen atoms in total. The lowest BCUT2D eigenvalue weighted by Crippen LogP contribution is -2.41. The molecule has 2 heterocycles. The number of amides is 1. The Labute approximate surface area is 173 Å². The van der Waals surface area contributed by atoms with Gasteiger partial charge in [0.05, 0.1) is 13.2 Å². The number of nitrogens with one attached hydrogen (secondary N) is 1. The van der Waals surface area contributed by atoms with E-state index in [0.29, 0.717) is 11.8 Å². The van der Waals surface area contributed by atoms with Crippen molar-refractivity contribution in [2.45, 2.75) is 52.0 Å². The Bertz CT molecular complexity index is 822. The van der Waals surface area contributed by atoms with Gasteiger partial charge in [0.25, 0.3) is 0 Å². The van der Waals surface area contributed by atoms with Crippen molar-refractivity contribution in [3.63, 3.8) is 0 Å². The number of piperidine rings is 1. The summed E-state index contributed by atoms with van der Waals surface area (Å²) in [4.78, 5) is 23.6. The van der Waals surface area contributed by atoms with Crippen LogP contribution in [0.4, 0.5) is 5.95 Å². The Hall–Kier alpha value is -2.63. The van der Waals surface area contributed by atoms with E-state index in [1.54, 1.807) is 19.4 Å². The lowest BCUT2D eigenvalue weighted by Gasteiger charge is -2.32. The van der Waals surface area contributed by atoms with Crippen molar-refractivity contribution in [1.82, 2.24) is 15.3 Å². The maximum Gasteiger partial charge on any atom is 0.228 e. The highest BCUT2D eigenvalue weighted by molar-refractivity contribution is 5.79. The minimum atomic E-state index is -0.00346. The van der Waals surface area contributed by atoms with Crippen molar-refractivity contribution in [2.24, 2.45) is 5.92 Å². The van der Waals surface area contributed by atoms with E-state index in [4.69, 9.17) is 4.74 Å². The number of nitrogens with zero attached hydrogens (tertiary/aromatic N) is 3. The van der Waals surface area contributed by atoms with Crippen molar-refractivity contribution in [3.8, 4) is 5.88 Å². The molecule has 0 spiro atoms. The molecule has 6 heteroatoms. The summed E-state index contributed by atoms with van der Waals surface area (Å²) < 4.78 is 5.17. The first-order chi connectivity index (χ1) is 13.8. The number of methoxy groups -OCH3 is 1. The molecule has 1 saturated heterocycles. The van der Waals surface area contributed by atoms with Crippen LogP contribution in [0.15, 0.2) is 36.5 Å². The Morgan fingerprint density at radius 1 is 1.17 bits per heavy atom. The molecule has 0 saturated carbocycles. The molecule has 2 aromatic rings. The monoisotopic (exact) mass is 396 g/mol. The van der Waals surface area contributed by atoms with Gasteiger partial charge in [0.1, 0.15) is 0 Å². The van der Waals surface area contributed by atoms with Crippen LogP contribution >= 0.6 is 0 Å². The first-order valence-electron chi connectivity index (χ1n) is 10.3. The van der Waals surface area contributed by atoms with Crippen molar-refractivity contribution >= 4 is 11.9 Å². The van der Waals surface area contributed by atoms with Crippen LogP contribution in [-0.4, -0.2) is 36.1 Å². The molecule has 0 aliphatic carbocycles. The third kappa shape index (κ3) is 5.25. The fourth-order valence-electron chi connectivity index (χ4n) is 3.63. The maximum absolute atomic E-state index is 12.8. The molecule has 156 valence electrons. The van der Waals surface area contributed by atoms with Crippen molar-refractivity contribution in [3.05, 3.63) is 47.7 Å². The first-order valence-corrected chi connectivity index (χ1v) is 10.3. The number of benzene rings is 1. The minimum absolute atomic E-state index is 0.00346. The Morgan fingerprint density at radius 3 is 2.41 bits per heavy atom. The number of hydrogen-bond donors (Lipinski definition) is 1. The first kappa shape index (κ1) is 21.1. The quantitative estimate of drug-likeness (QED) is 0.831. The van der Waals surface area contributed by atoms with Gasteiger partial charge >= 0.3 is 0 Å². The van der Waals surface area contributed by atoms with Gasteiger partial charge in [0.2, 0.25) is 17.7 Å². The average Bonchev–Trinajstić information content (AvgIpc) is 2.73. The van der Waals surface area contributed by atoms with E-state index in [0.717, 1.165) is 31.5 Å². The third-order valence-electron chi connectivity index (χ3n) is 5.61. The average molecular weight is 397 g/mol. The topological polar surface area (TPSA) is 67.3 Å². The van der Waals surface area contributed by atoms with E-state index >= 15 is 0 Å². The molecule has 29 heavy (non-hydrogen) atoms. The molecule has 1 N–H and O–H groups in total. The van der Waals surface area contributed by atoms with Crippen molar-refractivity contribution in [1.29, 1.82) is 0 Å². The molecular weight excluding hydrogens is 364 g/mol. The summed E-state index contributed by atoms with van der Waals surface area (Å²) in [5, 5.41) is 3.19. The van der Waals surface area contributed by atoms with Gasteiger partial charge in [-0.2, -0.15) is 4.98 Å². The molecule has 0 bridgehead atoms. The highest BCUT2D eigenvalue weighted by Gasteiger charge is 2.27. The molecular formula is C23H32N4O2. The highest BCUT2D eigenvalue weighted by Crippen LogP contribution is 2.25. The fourth-order valence-corrected chi connectivity index (χ4v) is 3.63. The molecule has 0 radical (unpaired) electrons. The van der Waals surface area contributed by atoms with Gasteiger partial charge < -0.3 is 15.0 Å². The smallest absolute Gasteiger partial charge is 0.228 e. The van der Waals surface area contributed by atoms with Gasteiger partial charge in [0.15, 0.2) is 0 Å². The summed E-state index contributed by atoms with van der Waals surface area (Å²) in [6.45, 7) is 10.2. The number of aromatic nitrogens is 2. The molecule has 1 aliphatic heterocycles. The zero-order chi connectivity index (χ0) is 21.0. The fraction of sp³-hybridized carbons (Fsp3) is 0.522. The number of anilines is 1. The van der Waals surface area contributed by atoms with E-state index in [1.165, 1.54) is 5.56 Å². The van der Waals surface area contributed by atoms with E-state index in [1.807, 2.05) is 6.92 Å². The number of carbonyl (C=O) groups is 1. The lowest BCUT2D eigenvalue weighted by molar-refractivity contribution is -0.126. The zero-order valence-corrected chi connectivity index (χ0v) is 18.1. The molecule has 1 aromatic heterocycles. The van der Waals surface area contributed by atoms with Crippen molar-refractivity contribution < 1.29 is 9.53 Å². The van der Waals surface area contributed by atoms with E-state index < -0.39 is 0 Å². The summed E-state index contributed by atoms with van der Waals surface area (Å²) in [5.41, 5.74) is 2.56. The van der Waals surface area contributed by atoms with Crippen LogP contribution < -0.4 is 15.0 Å². The molecule has 1 aliphatic rings. The SMILES string of the molecule is COc1ccnc(N2CCC(C(=O)NC(C)c3ccc(C(C)(C)C)cc3)CC2)n1. The second kappa shape index (κ2) is 8.80. The Kier molecular flexibility index (Phi) is 6.40. The van der Waals surface area contributed by atoms with Gasteiger partial charge in [-0.05, 0) is 36.3 Å². The van der Waals surface area contributed by atoms with Gasteiger partial charge in [-0.25, -0.2) is 4.98 Å². The molecule has 1 amide bonds. The summed E-state index contributed by atoms with van der Waals surface area (Å²) in [5.74, 6) is 1.37. The summed E-state index contributed by atoms with van der Waals surface area (Å²) in [6, 6.07) is 10.3. The van der Waals surface area contributed by atoms with Crippen LogP contribution in [-0.2, 0) is 10.2 Å². The second-order valence-corrected chi connectivity index (χ2v) is 8.76. The van der Waals surface area contributed by atoms with E-state index in [-0.39, 0.29) is 23.3 Å². The van der Waals surface area contributed by atoms with Crippen LogP contribution in [0, 0.1) is 5.92 Å². The standard InChI is InChI=1S/C23H32N4O2/c1-16(17-6-8-19(9-7-17)23(2,3)4)25-21(28)18-11-14-27(15-12-18)22-24-13-10-20(26-22)29-5/h6-10,13,16,18H,11-12,14-15H2,1-5H3,(H,25,28). The van der Waals surface area contributed by atoms with Crippen LogP contribution in [0.2, 0.25) is 0 Å². The summed E-state index contributed by atoms with van der Waals surface area (Å²) in [7, 11) is 1.60. The lowest BCUT2D eigenvalue weighted by atomic mass is 9.86. The number of ether oxygens (including phenoxy) is 1. The van der Waals surface area contributed by atoms with Crippen molar-refractivity contribution in [2.75, 3.05) is 25.1 Å². The predicted molar refractivity (Wildman–Crippen MR) is 115 cm³/mol. The van der Waals surface area contributed by atoms with Gasteiger partial charge in [-0.15, -0.1) is 0 Å². The van der Waals surface area contributed by atoms with Crippen LogP contribution in [0.3, 0.4) is 0 Å². The number of rotatable bonds is 5. The Balaban J connectivity index is 1.54. The second-order valence-electron chi connectivity index (χ2n) is 8.76. The molecule has 1 atom stereocenters. The molecule has 1 aromatic carbocycles. The largest absolute Gasteiger partial charge is 0.481 e. The number of carbonyl (C=O) groups excluding carboxylic acids is 1. The minimum Gasteiger partial charge on any atom is -0.481 e. The third-order valence-corrected chi connectivity index (χ3v) is 5.61. The summed E-state index contributed by atoms with van der Waals surface area (Å²) in [6.07, 6.45) is 3.29. The Morgan fingerprint density at radius 2 is 1.83 bits per heavy atom. The van der Waals surface area contributed by atoms with Gasteiger partial charge in [-0.3, -0.25) is 4.79 Å². The predicted octanol–water partition coefficient (Wildman–Crippen LogP) is 3.88. The number of hydrogen-bond acceptors (Lipinski definition) is 5. The molecule has 1 unspecified atom stereocenters. The normalized spacial score (nSPS) is 16.4. The van der Waals surface area contributed by atoms with Gasteiger partial charge in [0, 0.05) is 31.3 Å². The molecule has 3 rings (SSSR count). The highest BCUT2D eigenvalue weighted by atomic mass is 16.5. The maximum atomic E-state index is 12.8.